The Labute approximate surface area is 194 Å². The quantitative estimate of drug-likeness (QED) is 0.429. The predicted molar refractivity (Wildman–Crippen MR) is 129 cm³/mol. The maximum atomic E-state index is 12.4. The van der Waals surface area contributed by atoms with E-state index in [1.54, 1.807) is 6.07 Å². The molecule has 7 heteroatoms. The maximum absolute atomic E-state index is 12.4. The van der Waals surface area contributed by atoms with Gasteiger partial charge in [0.05, 0.1) is 23.9 Å². The summed E-state index contributed by atoms with van der Waals surface area (Å²) in [5.74, 6) is -1.28. The Hall–Kier alpha value is -3.29. The number of pyridine rings is 1. The lowest BCUT2D eigenvalue weighted by atomic mass is 10.1. The number of nitrogens with one attached hydrogen (secondary N) is 2. The Balaban J connectivity index is 1.19. The summed E-state index contributed by atoms with van der Waals surface area (Å²) in [5, 5.41) is 6.26. The van der Waals surface area contributed by atoms with E-state index in [0.29, 0.717) is 12.2 Å². The van der Waals surface area contributed by atoms with Crippen molar-refractivity contribution in [1.82, 2.24) is 15.2 Å². The number of carbonyl (C=O) groups is 2. The lowest BCUT2D eigenvalue weighted by molar-refractivity contribution is -0.136. The zero-order chi connectivity index (χ0) is 23.0. The van der Waals surface area contributed by atoms with Crippen LogP contribution in [0.2, 0.25) is 0 Å². The third-order valence-corrected chi connectivity index (χ3v) is 5.81. The minimum absolute atomic E-state index is 0.108. The summed E-state index contributed by atoms with van der Waals surface area (Å²) in [7, 11) is 0. The van der Waals surface area contributed by atoms with Gasteiger partial charge in [0, 0.05) is 30.7 Å². The normalized spacial score (nSPS) is 16.5. The fraction of sp³-hybridized carbons (Fsp3) is 0.346. The first-order chi connectivity index (χ1) is 16.1. The molecule has 0 bridgehead atoms. The molecule has 33 heavy (non-hydrogen) atoms. The van der Waals surface area contributed by atoms with Crippen molar-refractivity contribution in [1.29, 1.82) is 0 Å². The molecule has 1 fully saturated rings. The highest BCUT2D eigenvalue weighted by molar-refractivity contribution is 6.40. The molecule has 1 atom stereocenters. The molecule has 1 aliphatic rings. The number of amides is 2. The number of unbranched alkanes of at least 4 members (excludes halogenated alkanes) is 1. The summed E-state index contributed by atoms with van der Waals surface area (Å²) in [6, 6.07) is 19.6. The minimum atomic E-state index is -0.662. The summed E-state index contributed by atoms with van der Waals surface area (Å²) in [4.78, 5) is 31.5. The largest absolute Gasteiger partial charge is 0.371 e. The smallest absolute Gasteiger partial charge is 0.313 e. The Morgan fingerprint density at radius 3 is 2.70 bits per heavy atom. The number of rotatable bonds is 7. The zero-order valence-electron chi connectivity index (χ0n) is 18.9. The average molecular weight is 447 g/mol. The third kappa shape index (κ3) is 6.15. The summed E-state index contributed by atoms with van der Waals surface area (Å²) in [6.45, 7) is 5.78. The van der Waals surface area contributed by atoms with Crippen LogP contribution in [0.15, 0.2) is 60.7 Å². The molecule has 2 aromatic carbocycles. The van der Waals surface area contributed by atoms with Crippen LogP contribution in [0, 0.1) is 6.92 Å². The topological polar surface area (TPSA) is 83.6 Å². The summed E-state index contributed by atoms with van der Waals surface area (Å²) >= 11 is 0. The number of hydrogen-bond acceptors (Lipinski definition) is 5. The number of fused-ring (bicyclic) bond motifs is 1. The van der Waals surface area contributed by atoms with E-state index in [4.69, 9.17) is 4.74 Å². The van der Waals surface area contributed by atoms with Crippen LogP contribution < -0.4 is 10.6 Å². The molecule has 2 amide bonds. The van der Waals surface area contributed by atoms with Gasteiger partial charge in [-0.05, 0) is 44.0 Å². The number of benzene rings is 2. The molecule has 4 rings (SSSR count). The van der Waals surface area contributed by atoms with E-state index in [1.165, 1.54) is 5.56 Å². The lowest BCUT2D eigenvalue weighted by Crippen LogP contribution is -2.39. The van der Waals surface area contributed by atoms with Gasteiger partial charge in [-0.2, -0.15) is 0 Å². The van der Waals surface area contributed by atoms with Crippen molar-refractivity contribution in [2.45, 2.75) is 25.9 Å². The Morgan fingerprint density at radius 1 is 1.06 bits per heavy atom. The second kappa shape index (κ2) is 11.0. The zero-order valence-corrected chi connectivity index (χ0v) is 18.9. The second-order valence-corrected chi connectivity index (χ2v) is 8.32. The third-order valence-electron chi connectivity index (χ3n) is 5.81. The molecule has 1 aromatic heterocycles. The first-order valence-electron chi connectivity index (χ1n) is 11.4. The van der Waals surface area contributed by atoms with Crippen LogP contribution in [0.4, 0.5) is 5.69 Å². The van der Waals surface area contributed by atoms with Gasteiger partial charge in [0.25, 0.3) is 0 Å². The standard InChI is InChI=1S/C26H30N4O3/c1-19-17-23(21-11-5-6-12-22(21)28-19)29-26(32)25(31)27-13-7-8-14-30-15-16-33-24(18-30)20-9-3-2-4-10-20/h2-6,9-12,17,24H,7-8,13-16,18H2,1H3,(H,27,31)(H,28,29,32). The van der Waals surface area contributed by atoms with Crippen LogP contribution in [0.3, 0.4) is 0 Å². The summed E-state index contributed by atoms with van der Waals surface area (Å²) in [5.41, 5.74) is 3.36. The molecule has 2 heterocycles. The van der Waals surface area contributed by atoms with Gasteiger partial charge in [0.15, 0.2) is 0 Å². The average Bonchev–Trinajstić information content (AvgIpc) is 2.84. The molecule has 7 nitrogen and oxygen atoms in total. The Morgan fingerprint density at radius 2 is 1.85 bits per heavy atom. The molecule has 1 saturated heterocycles. The summed E-state index contributed by atoms with van der Waals surface area (Å²) in [6.07, 6.45) is 1.86. The molecule has 1 unspecified atom stereocenters. The molecular formula is C26H30N4O3. The molecule has 3 aromatic rings. The number of morpholine rings is 1. The van der Waals surface area contributed by atoms with Gasteiger partial charge >= 0.3 is 11.8 Å². The number of aryl methyl sites for hydroxylation is 1. The number of carbonyl (C=O) groups excluding carboxylic acids is 2. The number of ether oxygens (including phenoxy) is 1. The van der Waals surface area contributed by atoms with E-state index < -0.39 is 11.8 Å². The van der Waals surface area contributed by atoms with Gasteiger partial charge in [0.1, 0.15) is 0 Å². The van der Waals surface area contributed by atoms with Crippen LogP contribution in [-0.2, 0) is 14.3 Å². The molecule has 0 saturated carbocycles. The molecular weight excluding hydrogens is 416 g/mol. The number of anilines is 1. The van der Waals surface area contributed by atoms with Crippen LogP contribution in [0.25, 0.3) is 10.9 Å². The van der Waals surface area contributed by atoms with Crippen molar-refractivity contribution in [3.8, 4) is 0 Å². The van der Waals surface area contributed by atoms with Gasteiger partial charge in [-0.15, -0.1) is 0 Å². The van der Waals surface area contributed by atoms with Crippen molar-refractivity contribution in [2.24, 2.45) is 0 Å². The minimum Gasteiger partial charge on any atom is -0.371 e. The van der Waals surface area contributed by atoms with Crippen molar-refractivity contribution in [3.63, 3.8) is 0 Å². The molecule has 0 radical (unpaired) electrons. The molecule has 172 valence electrons. The van der Waals surface area contributed by atoms with Crippen LogP contribution in [0.1, 0.15) is 30.2 Å². The first kappa shape index (κ1) is 22.9. The highest BCUT2D eigenvalue weighted by Gasteiger charge is 2.21. The Kier molecular flexibility index (Phi) is 7.65. The fourth-order valence-corrected chi connectivity index (χ4v) is 4.11. The van der Waals surface area contributed by atoms with Crippen LogP contribution in [0.5, 0.6) is 0 Å². The van der Waals surface area contributed by atoms with E-state index in [1.807, 2.05) is 49.4 Å². The van der Waals surface area contributed by atoms with Crippen molar-refractivity contribution in [3.05, 3.63) is 71.9 Å². The lowest BCUT2D eigenvalue weighted by Gasteiger charge is -2.33. The molecule has 2 N–H and O–H groups in total. The highest BCUT2D eigenvalue weighted by Crippen LogP contribution is 2.23. The van der Waals surface area contributed by atoms with Gasteiger partial charge in [-0.3, -0.25) is 19.5 Å². The van der Waals surface area contributed by atoms with Crippen LogP contribution >= 0.6 is 0 Å². The first-order valence-corrected chi connectivity index (χ1v) is 11.4. The van der Waals surface area contributed by atoms with Gasteiger partial charge in [-0.25, -0.2) is 0 Å². The van der Waals surface area contributed by atoms with E-state index in [0.717, 1.165) is 55.7 Å². The number of para-hydroxylation sites is 1. The second-order valence-electron chi connectivity index (χ2n) is 8.32. The van der Waals surface area contributed by atoms with Gasteiger partial charge < -0.3 is 15.4 Å². The van der Waals surface area contributed by atoms with Crippen LogP contribution in [-0.4, -0.2) is 54.5 Å². The number of aromatic nitrogens is 1. The van der Waals surface area contributed by atoms with Gasteiger partial charge in [-0.1, -0.05) is 48.5 Å². The fourth-order valence-electron chi connectivity index (χ4n) is 4.11. The van der Waals surface area contributed by atoms with Crippen molar-refractivity contribution >= 4 is 28.4 Å². The molecule has 0 spiro atoms. The number of nitrogens with zero attached hydrogens (tertiary/aromatic N) is 2. The van der Waals surface area contributed by atoms with E-state index in [-0.39, 0.29) is 6.10 Å². The molecule has 1 aliphatic heterocycles. The van der Waals surface area contributed by atoms with E-state index in [2.05, 4.69) is 32.7 Å². The Bertz CT molecular complexity index is 1100. The molecule has 0 aliphatic carbocycles. The predicted octanol–water partition coefficient (Wildman–Crippen LogP) is 3.45. The summed E-state index contributed by atoms with van der Waals surface area (Å²) < 4.78 is 5.92. The van der Waals surface area contributed by atoms with Crippen molar-refractivity contribution in [2.75, 3.05) is 38.1 Å². The SMILES string of the molecule is Cc1cc(NC(=O)C(=O)NCCCCN2CCOC(c3ccccc3)C2)c2ccccc2n1. The number of hydrogen-bond donors (Lipinski definition) is 2. The monoisotopic (exact) mass is 446 g/mol. The highest BCUT2D eigenvalue weighted by atomic mass is 16.5. The van der Waals surface area contributed by atoms with E-state index in [9.17, 15) is 9.59 Å². The van der Waals surface area contributed by atoms with Gasteiger partial charge in [0.2, 0.25) is 0 Å². The van der Waals surface area contributed by atoms with E-state index >= 15 is 0 Å². The maximum Gasteiger partial charge on any atom is 0.313 e. The van der Waals surface area contributed by atoms with Crippen molar-refractivity contribution < 1.29 is 14.3 Å².